The molecule has 0 spiro atoms. The number of benzene rings is 1. The highest BCUT2D eigenvalue weighted by atomic mass is 19.4. The lowest BCUT2D eigenvalue weighted by molar-refractivity contribution is -0.153. The number of nitrogens with one attached hydrogen (secondary N) is 1. The number of ether oxygens (including phenoxy) is 1. The van der Waals surface area contributed by atoms with Crippen LogP contribution in [0.2, 0.25) is 0 Å². The van der Waals surface area contributed by atoms with Crippen LogP contribution in [-0.4, -0.2) is 46.9 Å². The van der Waals surface area contributed by atoms with Crippen LogP contribution in [0.25, 0.3) is 16.7 Å². The Labute approximate surface area is 193 Å². The molecular weight excluding hydrogens is 479 g/mol. The van der Waals surface area contributed by atoms with E-state index in [4.69, 9.17) is 4.74 Å². The zero-order chi connectivity index (χ0) is 25.5. The Hall–Kier alpha value is -4.03. The number of carbonyl (C=O) groups excluding carboxylic acids is 2. The molecule has 1 aromatic carbocycles. The predicted octanol–water partition coefficient (Wildman–Crippen LogP) is 3.69. The summed E-state index contributed by atoms with van der Waals surface area (Å²) >= 11 is 0. The minimum atomic E-state index is -4.76. The molecule has 184 valence electrons. The molecule has 4 rings (SSSR count). The van der Waals surface area contributed by atoms with Crippen LogP contribution in [0.3, 0.4) is 0 Å². The van der Waals surface area contributed by atoms with Gasteiger partial charge in [0.25, 0.3) is 5.91 Å². The van der Waals surface area contributed by atoms with Gasteiger partial charge in [0, 0.05) is 12.3 Å². The number of alkyl halides is 3. The summed E-state index contributed by atoms with van der Waals surface area (Å²) in [6.45, 7) is 1.46. The van der Waals surface area contributed by atoms with Gasteiger partial charge < -0.3 is 10.1 Å². The lowest BCUT2D eigenvalue weighted by Gasteiger charge is -2.21. The summed E-state index contributed by atoms with van der Waals surface area (Å²) in [7, 11) is 0. The van der Waals surface area contributed by atoms with E-state index in [0.29, 0.717) is 6.07 Å². The van der Waals surface area contributed by atoms with E-state index >= 15 is 0 Å². The molecule has 35 heavy (non-hydrogen) atoms. The number of hydrogen-bond acceptors (Lipinski definition) is 5. The smallest absolute Gasteiger partial charge is 0.415 e. The summed E-state index contributed by atoms with van der Waals surface area (Å²) < 4.78 is 73.5. The van der Waals surface area contributed by atoms with Gasteiger partial charge in [-0.1, -0.05) is 6.92 Å². The number of nitrogens with zero attached hydrogens (tertiary/aromatic N) is 3. The first-order valence-corrected chi connectivity index (χ1v) is 10.3. The van der Waals surface area contributed by atoms with Crippen LogP contribution < -0.4 is 15.6 Å². The highest BCUT2D eigenvalue weighted by molar-refractivity contribution is 5.98. The minimum Gasteiger partial charge on any atom is -0.447 e. The van der Waals surface area contributed by atoms with Gasteiger partial charge in [0.05, 0.1) is 17.6 Å². The number of amides is 2. The van der Waals surface area contributed by atoms with Crippen LogP contribution in [0, 0.1) is 11.6 Å². The van der Waals surface area contributed by atoms with Crippen LogP contribution >= 0.6 is 0 Å². The van der Waals surface area contributed by atoms with Crippen LogP contribution in [0.4, 0.5) is 32.6 Å². The van der Waals surface area contributed by atoms with Gasteiger partial charge in [0.1, 0.15) is 35.7 Å². The fourth-order valence-corrected chi connectivity index (χ4v) is 3.62. The van der Waals surface area contributed by atoms with Gasteiger partial charge in [0.15, 0.2) is 5.65 Å². The first-order valence-electron chi connectivity index (χ1n) is 10.3. The van der Waals surface area contributed by atoms with Crippen LogP contribution in [0.5, 0.6) is 0 Å². The molecular formula is C22H17F5N4O4. The van der Waals surface area contributed by atoms with Gasteiger partial charge in [-0.2, -0.15) is 13.2 Å². The Bertz CT molecular complexity index is 1390. The molecule has 1 N–H and O–H groups in total. The van der Waals surface area contributed by atoms with Crippen molar-refractivity contribution in [2.75, 3.05) is 18.1 Å². The molecule has 1 atom stereocenters. The van der Waals surface area contributed by atoms with Crippen molar-refractivity contribution < 1.29 is 36.3 Å². The Kier molecular flexibility index (Phi) is 6.17. The van der Waals surface area contributed by atoms with Crippen molar-refractivity contribution in [1.29, 1.82) is 0 Å². The van der Waals surface area contributed by atoms with Crippen LogP contribution in [-0.2, 0) is 4.74 Å². The predicted molar refractivity (Wildman–Crippen MR) is 114 cm³/mol. The zero-order valence-electron chi connectivity index (χ0n) is 18.0. The molecule has 1 aliphatic rings. The van der Waals surface area contributed by atoms with E-state index in [1.807, 2.05) is 0 Å². The molecule has 0 saturated carbocycles. The quantitative estimate of drug-likeness (QED) is 0.544. The van der Waals surface area contributed by atoms with Gasteiger partial charge >= 0.3 is 12.3 Å². The average molecular weight is 496 g/mol. The minimum absolute atomic E-state index is 0.0518. The third-order valence-corrected chi connectivity index (χ3v) is 5.40. The van der Waals surface area contributed by atoms with Crippen molar-refractivity contribution in [3.63, 3.8) is 0 Å². The van der Waals surface area contributed by atoms with Crippen molar-refractivity contribution in [3.8, 4) is 5.69 Å². The number of carbonyl (C=O) groups is 2. The summed E-state index contributed by atoms with van der Waals surface area (Å²) in [5.41, 5.74) is -2.21. The summed E-state index contributed by atoms with van der Waals surface area (Å²) in [6.07, 6.45) is -5.12. The van der Waals surface area contributed by atoms with Gasteiger partial charge in [-0.3, -0.25) is 19.1 Å². The third-order valence-electron chi connectivity index (χ3n) is 5.40. The number of fused-ring (bicyclic) bond motifs is 1. The number of cyclic esters (lactones) is 1. The molecule has 1 aliphatic heterocycles. The van der Waals surface area contributed by atoms with E-state index in [1.54, 1.807) is 5.32 Å². The lowest BCUT2D eigenvalue weighted by Crippen LogP contribution is -2.46. The molecule has 1 fully saturated rings. The van der Waals surface area contributed by atoms with Crippen molar-refractivity contribution in [2.24, 2.45) is 0 Å². The maximum atomic E-state index is 14.7. The molecule has 1 unspecified atom stereocenters. The highest BCUT2D eigenvalue weighted by Crippen LogP contribution is 2.25. The Balaban J connectivity index is 1.93. The van der Waals surface area contributed by atoms with Crippen molar-refractivity contribution in [3.05, 3.63) is 63.9 Å². The molecule has 2 amide bonds. The molecule has 8 nitrogen and oxygen atoms in total. The first kappa shape index (κ1) is 24.1. The number of pyridine rings is 2. The molecule has 1 saturated heterocycles. The van der Waals surface area contributed by atoms with E-state index in [9.17, 15) is 36.3 Å². The molecule has 0 bridgehead atoms. The second-order valence-electron chi connectivity index (χ2n) is 7.62. The zero-order valence-corrected chi connectivity index (χ0v) is 18.0. The molecule has 3 aromatic rings. The number of rotatable bonds is 5. The van der Waals surface area contributed by atoms with Crippen LogP contribution in [0.15, 0.2) is 41.3 Å². The fraction of sp³-hybridized carbons (Fsp3) is 0.273. The highest BCUT2D eigenvalue weighted by Gasteiger charge is 2.39. The van der Waals surface area contributed by atoms with E-state index in [1.165, 1.54) is 19.1 Å². The number of hydrogen-bond donors (Lipinski definition) is 1. The van der Waals surface area contributed by atoms with E-state index in [2.05, 4.69) is 4.98 Å². The maximum Gasteiger partial charge on any atom is 0.415 e. The summed E-state index contributed by atoms with van der Waals surface area (Å²) in [5, 5.41) is 1.53. The average Bonchev–Trinajstić information content (AvgIpc) is 3.23. The van der Waals surface area contributed by atoms with Gasteiger partial charge in [-0.05, 0) is 30.7 Å². The van der Waals surface area contributed by atoms with Crippen molar-refractivity contribution in [1.82, 2.24) is 14.9 Å². The fourth-order valence-electron chi connectivity index (χ4n) is 3.62. The largest absolute Gasteiger partial charge is 0.447 e. The Morgan fingerprint density at radius 3 is 2.54 bits per heavy atom. The molecule has 0 radical (unpaired) electrons. The van der Waals surface area contributed by atoms with Gasteiger partial charge in [-0.25, -0.2) is 18.6 Å². The standard InChI is InChI=1S/C22H17F5N4O4/c1-2-16(22(25,26)27)28-20(33)13-10-31(15-5-3-11(23)9-14(15)24)19-12(18(13)32)4-6-17(29-19)30-7-8-35-21(30)34/h3-6,9-10,16H,2,7-8H2,1H3,(H,28,33). The van der Waals surface area contributed by atoms with E-state index in [-0.39, 0.29) is 35.7 Å². The molecule has 3 heterocycles. The monoisotopic (exact) mass is 496 g/mol. The number of aromatic nitrogens is 2. The number of halogens is 5. The number of anilines is 1. The molecule has 2 aromatic heterocycles. The second-order valence-corrected chi connectivity index (χ2v) is 7.62. The van der Waals surface area contributed by atoms with Crippen molar-refractivity contribution in [2.45, 2.75) is 25.6 Å². The Morgan fingerprint density at radius 1 is 1.20 bits per heavy atom. The normalized spacial score (nSPS) is 14.8. The molecule has 0 aliphatic carbocycles. The maximum absolute atomic E-state index is 14.7. The third kappa shape index (κ3) is 4.53. The lowest BCUT2D eigenvalue weighted by atomic mass is 10.1. The van der Waals surface area contributed by atoms with E-state index < -0.39 is 53.3 Å². The summed E-state index contributed by atoms with van der Waals surface area (Å²) in [5.74, 6) is -3.27. The van der Waals surface area contributed by atoms with Gasteiger partial charge in [-0.15, -0.1) is 0 Å². The SMILES string of the molecule is CCC(NC(=O)c1cn(-c2ccc(F)cc2F)c2nc(N3CCOC3=O)ccc2c1=O)C(F)(F)F. The summed E-state index contributed by atoms with van der Waals surface area (Å²) in [6, 6.07) is 2.76. The van der Waals surface area contributed by atoms with E-state index in [0.717, 1.165) is 27.8 Å². The first-order chi connectivity index (χ1) is 16.5. The Morgan fingerprint density at radius 2 is 1.94 bits per heavy atom. The van der Waals surface area contributed by atoms with Crippen molar-refractivity contribution >= 4 is 28.9 Å². The second kappa shape index (κ2) is 8.96. The van der Waals surface area contributed by atoms with Crippen LogP contribution in [0.1, 0.15) is 23.7 Å². The molecule has 13 heteroatoms. The topological polar surface area (TPSA) is 93.5 Å². The van der Waals surface area contributed by atoms with Gasteiger partial charge in [0.2, 0.25) is 5.43 Å². The summed E-state index contributed by atoms with van der Waals surface area (Å²) in [4.78, 5) is 43.1.